The highest BCUT2D eigenvalue weighted by Gasteiger charge is 2.30. The first-order valence-electron chi connectivity index (χ1n) is 44.7. The van der Waals surface area contributed by atoms with Gasteiger partial charge in [-0.3, -0.25) is 37.3 Å². The number of aliphatic hydroxyl groups excluding tert-OH is 1. The highest BCUT2D eigenvalue weighted by atomic mass is 31.2. The average Bonchev–Trinajstić information content (AvgIpc) is 0.917. The Balaban J connectivity index is 5.24. The number of ether oxygens (including phenoxy) is 4. The van der Waals surface area contributed by atoms with Gasteiger partial charge in [-0.25, -0.2) is 9.13 Å². The molecule has 0 amide bonds. The largest absolute Gasteiger partial charge is 0.472 e. The van der Waals surface area contributed by atoms with E-state index in [-0.39, 0.29) is 25.7 Å². The fraction of sp³-hybridized carbons (Fsp3) is 0.953. The van der Waals surface area contributed by atoms with Gasteiger partial charge >= 0.3 is 39.5 Å². The molecule has 0 heterocycles. The Kier molecular flexibility index (Phi) is 77.3. The summed E-state index contributed by atoms with van der Waals surface area (Å²) in [5.41, 5.74) is 0. The van der Waals surface area contributed by atoms with Crippen molar-refractivity contribution in [3.05, 3.63) is 0 Å². The van der Waals surface area contributed by atoms with Gasteiger partial charge < -0.3 is 33.8 Å². The zero-order chi connectivity index (χ0) is 76.9. The van der Waals surface area contributed by atoms with Crippen LogP contribution in [0, 0.1) is 5.92 Å². The molecule has 0 fully saturated rings. The smallest absolute Gasteiger partial charge is 0.462 e. The van der Waals surface area contributed by atoms with Crippen LogP contribution < -0.4 is 0 Å². The summed E-state index contributed by atoms with van der Waals surface area (Å²) >= 11 is 0. The Labute approximate surface area is 645 Å². The van der Waals surface area contributed by atoms with E-state index in [0.29, 0.717) is 25.7 Å². The first-order chi connectivity index (χ1) is 51.1. The topological polar surface area (TPSA) is 237 Å². The van der Waals surface area contributed by atoms with Crippen LogP contribution in [-0.2, 0) is 65.4 Å². The molecule has 0 aliphatic rings. The van der Waals surface area contributed by atoms with Crippen LogP contribution in [0.15, 0.2) is 0 Å². The van der Waals surface area contributed by atoms with Crippen molar-refractivity contribution in [2.45, 2.75) is 483 Å². The monoisotopic (exact) mass is 1540 g/mol. The van der Waals surface area contributed by atoms with Crippen LogP contribution in [0.2, 0.25) is 0 Å². The van der Waals surface area contributed by atoms with Crippen LogP contribution in [0.3, 0.4) is 0 Å². The van der Waals surface area contributed by atoms with Gasteiger partial charge in [0.25, 0.3) is 0 Å². The summed E-state index contributed by atoms with van der Waals surface area (Å²) in [6.45, 7) is 7.44. The molecule has 0 aromatic heterocycles. The van der Waals surface area contributed by atoms with Crippen molar-refractivity contribution in [2.24, 2.45) is 5.92 Å². The summed E-state index contributed by atoms with van der Waals surface area (Å²) in [6.07, 6.45) is 72.0. The van der Waals surface area contributed by atoms with E-state index < -0.39 is 97.5 Å². The summed E-state index contributed by atoms with van der Waals surface area (Å²) in [6, 6.07) is 0. The minimum Gasteiger partial charge on any atom is -0.462 e. The Hall–Kier alpha value is -1.94. The van der Waals surface area contributed by atoms with Gasteiger partial charge in [0.15, 0.2) is 12.2 Å². The van der Waals surface area contributed by atoms with Crippen LogP contribution >= 0.6 is 15.6 Å². The van der Waals surface area contributed by atoms with Crippen LogP contribution in [0.25, 0.3) is 0 Å². The van der Waals surface area contributed by atoms with E-state index in [9.17, 15) is 43.2 Å². The van der Waals surface area contributed by atoms with Crippen LogP contribution in [0.1, 0.15) is 465 Å². The Bertz CT molecular complexity index is 2000. The lowest BCUT2D eigenvalue weighted by Crippen LogP contribution is -2.30. The van der Waals surface area contributed by atoms with Crippen LogP contribution in [0.5, 0.6) is 0 Å². The summed E-state index contributed by atoms with van der Waals surface area (Å²) < 4.78 is 68.9. The lowest BCUT2D eigenvalue weighted by Gasteiger charge is -2.21. The number of hydrogen-bond acceptors (Lipinski definition) is 15. The van der Waals surface area contributed by atoms with E-state index in [1.165, 1.54) is 289 Å². The zero-order valence-corrected chi connectivity index (χ0v) is 70.7. The third-order valence-corrected chi connectivity index (χ3v) is 22.5. The van der Waals surface area contributed by atoms with Gasteiger partial charge in [0.05, 0.1) is 26.4 Å². The first-order valence-corrected chi connectivity index (χ1v) is 47.7. The molecule has 0 saturated carbocycles. The molecule has 0 aliphatic heterocycles. The summed E-state index contributed by atoms with van der Waals surface area (Å²) in [7, 11) is -9.93. The normalized spacial score (nSPS) is 14.0. The molecule has 0 saturated heterocycles. The standard InChI is InChI=1S/C86H168O17P2/c1-6-10-13-16-19-22-25-28-34-40-45-50-55-60-65-70-84(89)97-76-82(103-86(91)72-67-62-57-52-47-42-37-33-31-30-32-36-39-43-48-53-58-63-68-79(5)9-4)78-101-105(94,95)99-74-80(87)73-98-104(92,93)100-77-81(75-96-83(88)69-64-59-54-49-44-38-27-24-21-18-15-12-8-3)102-85(90)71-66-61-56-51-46-41-35-29-26-23-20-17-14-11-7-2/h79-82,87H,6-78H2,1-5H3,(H,92,93)(H,94,95)/t79?,80-,81+,82+/m0/s1. The maximum absolute atomic E-state index is 13.1. The number of hydrogen-bond donors (Lipinski definition) is 3. The summed E-state index contributed by atoms with van der Waals surface area (Å²) in [5.74, 6) is -1.23. The fourth-order valence-electron chi connectivity index (χ4n) is 13.4. The molecule has 3 N–H and O–H groups in total. The Morgan fingerprint density at radius 2 is 0.457 bits per heavy atom. The molecule has 0 aromatic carbocycles. The second-order valence-corrected chi connectivity index (χ2v) is 34.1. The minimum absolute atomic E-state index is 0.109. The number of phosphoric acid groups is 2. The lowest BCUT2D eigenvalue weighted by molar-refractivity contribution is -0.161. The van der Waals surface area contributed by atoms with Crippen LogP contribution in [-0.4, -0.2) is 96.7 Å². The van der Waals surface area contributed by atoms with Crippen molar-refractivity contribution in [1.82, 2.24) is 0 Å². The predicted molar refractivity (Wildman–Crippen MR) is 432 cm³/mol. The molecule has 0 bridgehead atoms. The molecular formula is C86H168O17P2. The van der Waals surface area contributed by atoms with E-state index in [1.54, 1.807) is 0 Å². The maximum Gasteiger partial charge on any atom is 0.472 e. The van der Waals surface area contributed by atoms with Gasteiger partial charge in [-0.2, -0.15) is 0 Å². The van der Waals surface area contributed by atoms with E-state index in [2.05, 4.69) is 34.6 Å². The Morgan fingerprint density at radius 1 is 0.267 bits per heavy atom. The van der Waals surface area contributed by atoms with E-state index >= 15 is 0 Å². The van der Waals surface area contributed by atoms with Crippen molar-refractivity contribution >= 4 is 39.5 Å². The lowest BCUT2D eigenvalue weighted by atomic mass is 9.99. The van der Waals surface area contributed by atoms with Crippen molar-refractivity contribution in [2.75, 3.05) is 39.6 Å². The molecular weight excluding hydrogens is 1370 g/mol. The average molecular weight is 1540 g/mol. The molecule has 0 aliphatic carbocycles. The molecule has 17 nitrogen and oxygen atoms in total. The number of aliphatic hydroxyl groups is 1. The predicted octanol–water partition coefficient (Wildman–Crippen LogP) is 26.4. The first kappa shape index (κ1) is 103. The third kappa shape index (κ3) is 78.5. The number of unbranched alkanes of at least 4 members (excludes halogenated alkanes) is 57. The van der Waals surface area contributed by atoms with E-state index in [0.717, 1.165) is 95.8 Å². The number of esters is 4. The summed E-state index contributed by atoms with van der Waals surface area (Å²) in [4.78, 5) is 73.2. The minimum atomic E-state index is -4.96. The van der Waals surface area contributed by atoms with Crippen molar-refractivity contribution < 1.29 is 80.2 Å². The fourth-order valence-corrected chi connectivity index (χ4v) is 15.0. The molecule has 0 aromatic rings. The van der Waals surface area contributed by atoms with Gasteiger partial charge in [-0.15, -0.1) is 0 Å². The van der Waals surface area contributed by atoms with Gasteiger partial charge in [-0.05, 0) is 31.6 Å². The van der Waals surface area contributed by atoms with Crippen molar-refractivity contribution in [3.8, 4) is 0 Å². The van der Waals surface area contributed by atoms with Gasteiger partial charge in [-0.1, -0.05) is 413 Å². The van der Waals surface area contributed by atoms with Crippen molar-refractivity contribution in [3.63, 3.8) is 0 Å². The van der Waals surface area contributed by atoms with Gasteiger partial charge in [0.1, 0.15) is 19.3 Å². The number of rotatable bonds is 86. The van der Waals surface area contributed by atoms with Crippen molar-refractivity contribution in [1.29, 1.82) is 0 Å². The molecule has 624 valence electrons. The maximum atomic E-state index is 13.1. The molecule has 3 unspecified atom stereocenters. The molecule has 105 heavy (non-hydrogen) atoms. The van der Waals surface area contributed by atoms with Crippen LogP contribution in [0.4, 0.5) is 0 Å². The highest BCUT2D eigenvalue weighted by molar-refractivity contribution is 7.47. The summed E-state index contributed by atoms with van der Waals surface area (Å²) in [5, 5.41) is 10.7. The second-order valence-electron chi connectivity index (χ2n) is 31.2. The molecule has 0 radical (unpaired) electrons. The Morgan fingerprint density at radius 3 is 0.676 bits per heavy atom. The molecule has 0 rings (SSSR count). The molecule has 6 atom stereocenters. The van der Waals surface area contributed by atoms with Gasteiger partial charge in [0.2, 0.25) is 0 Å². The number of carbonyl (C=O) groups excluding carboxylic acids is 4. The zero-order valence-electron chi connectivity index (χ0n) is 68.9. The highest BCUT2D eigenvalue weighted by Crippen LogP contribution is 2.45. The molecule has 19 heteroatoms. The SMILES string of the molecule is CCCCCCCCCCCCCCCCCC(=O)OC[C@H](COP(=O)(O)OC[C@@H](O)COP(=O)(O)OC[C@@H](COC(=O)CCCCCCCCCCCCCCC)OC(=O)CCCCCCCCCCCCCCCCC)OC(=O)CCCCCCCCCCCCCCCCCCCCC(C)CC. The number of carbonyl (C=O) groups is 4. The molecule has 0 spiro atoms. The third-order valence-electron chi connectivity index (χ3n) is 20.6. The van der Waals surface area contributed by atoms with E-state index in [1.807, 2.05) is 0 Å². The number of phosphoric ester groups is 2. The van der Waals surface area contributed by atoms with E-state index in [4.69, 9.17) is 37.0 Å². The second kappa shape index (κ2) is 78.7. The quantitative estimate of drug-likeness (QED) is 0.0222. The van der Waals surface area contributed by atoms with Gasteiger partial charge in [0, 0.05) is 25.7 Å².